The summed E-state index contributed by atoms with van der Waals surface area (Å²) in [7, 11) is -8.43. The van der Waals surface area contributed by atoms with Crippen LogP contribution < -0.4 is 0 Å². The van der Waals surface area contributed by atoms with Crippen LogP contribution in [0.5, 0.6) is 0 Å². The Kier molecular flexibility index (Phi) is 7.63. The van der Waals surface area contributed by atoms with Crippen molar-refractivity contribution >= 4 is 23.4 Å². The molecule has 1 unspecified atom stereocenters. The molecular weight excluding hydrogens is 405 g/mol. The number of hydrogen-bond acceptors (Lipinski definition) is 9. The average molecular weight is 433 g/mol. The van der Waals surface area contributed by atoms with Gasteiger partial charge in [-0.05, 0) is 12.8 Å². The van der Waals surface area contributed by atoms with Gasteiger partial charge in [0.25, 0.3) is 0 Å². The second-order valence-electron chi connectivity index (χ2n) is 7.11. The van der Waals surface area contributed by atoms with Crippen LogP contribution >= 0.6 is 23.4 Å². The van der Waals surface area contributed by atoms with E-state index in [1.807, 2.05) is 13.8 Å². The van der Waals surface area contributed by atoms with Crippen LogP contribution in [0.2, 0.25) is 0 Å². The van der Waals surface area contributed by atoms with Crippen molar-refractivity contribution in [2.75, 3.05) is 53.0 Å². The molecular formula is C14H28O9P3+. The van der Waals surface area contributed by atoms with E-state index in [1.54, 1.807) is 0 Å². The molecule has 12 heteroatoms. The Morgan fingerprint density at radius 2 is 1.42 bits per heavy atom. The second-order valence-corrected chi connectivity index (χ2v) is 12.2. The van der Waals surface area contributed by atoms with E-state index in [-0.39, 0.29) is 39.6 Å². The van der Waals surface area contributed by atoms with Crippen LogP contribution in [-0.2, 0) is 40.8 Å². The van der Waals surface area contributed by atoms with E-state index < -0.39 is 34.3 Å². The van der Waals surface area contributed by atoms with Gasteiger partial charge in [-0.3, -0.25) is 9.13 Å². The van der Waals surface area contributed by atoms with Crippen LogP contribution in [0.25, 0.3) is 0 Å². The molecule has 2 rings (SSSR count). The lowest BCUT2D eigenvalue weighted by Crippen LogP contribution is -2.39. The summed E-state index contributed by atoms with van der Waals surface area (Å²) in [6.45, 7) is 7.76. The first kappa shape index (κ1) is 22.6. The molecule has 0 bridgehead atoms. The molecule has 0 saturated carbocycles. The summed E-state index contributed by atoms with van der Waals surface area (Å²) >= 11 is 0. The summed E-state index contributed by atoms with van der Waals surface area (Å²) in [5, 5.41) is 0. The Morgan fingerprint density at radius 3 is 1.85 bits per heavy atom. The Labute approximate surface area is 155 Å². The van der Waals surface area contributed by atoms with Crippen LogP contribution in [0.4, 0.5) is 0 Å². The van der Waals surface area contributed by atoms with Gasteiger partial charge in [-0.2, -0.15) is 0 Å². The average Bonchev–Trinajstić information content (AvgIpc) is 2.62. The lowest BCUT2D eigenvalue weighted by Gasteiger charge is -2.38. The van der Waals surface area contributed by atoms with Crippen molar-refractivity contribution in [3.63, 3.8) is 0 Å². The van der Waals surface area contributed by atoms with E-state index in [0.29, 0.717) is 12.8 Å². The molecule has 26 heavy (non-hydrogen) atoms. The summed E-state index contributed by atoms with van der Waals surface area (Å²) in [6.07, 6.45) is 1.31. The van der Waals surface area contributed by atoms with E-state index >= 15 is 0 Å². The van der Waals surface area contributed by atoms with E-state index in [4.69, 9.17) is 27.1 Å². The minimum Gasteiger partial charge on any atom is -0.308 e. The Morgan fingerprint density at radius 1 is 1.00 bits per heavy atom. The van der Waals surface area contributed by atoms with Crippen molar-refractivity contribution in [2.45, 2.75) is 26.7 Å². The van der Waals surface area contributed by atoms with Crippen LogP contribution in [-0.4, -0.2) is 53.0 Å². The van der Waals surface area contributed by atoms with Crippen LogP contribution in [0.15, 0.2) is 0 Å². The number of rotatable bonds is 8. The summed E-state index contributed by atoms with van der Waals surface area (Å²) in [6, 6.07) is 0. The van der Waals surface area contributed by atoms with Gasteiger partial charge in [0.1, 0.15) is 13.2 Å². The predicted octanol–water partition coefficient (Wildman–Crippen LogP) is 4.21. The number of hydrogen-bond donors (Lipinski definition) is 0. The van der Waals surface area contributed by atoms with E-state index in [0.717, 1.165) is 0 Å². The van der Waals surface area contributed by atoms with Gasteiger partial charge in [-0.25, -0.2) is 0 Å². The molecule has 2 fully saturated rings. The summed E-state index contributed by atoms with van der Waals surface area (Å²) < 4.78 is 67.6. The quantitative estimate of drug-likeness (QED) is 0.520. The molecule has 2 aliphatic rings. The monoisotopic (exact) mass is 433 g/mol. The van der Waals surface area contributed by atoms with Crippen molar-refractivity contribution in [1.29, 1.82) is 0 Å². The fourth-order valence-electron chi connectivity index (χ4n) is 2.37. The zero-order valence-corrected chi connectivity index (χ0v) is 18.4. The molecule has 2 heterocycles. The maximum atomic E-state index is 12.7. The van der Waals surface area contributed by atoms with E-state index in [1.165, 1.54) is 13.3 Å². The standard InChI is InChI=1S/C14H28O9P3/c1-5-13(7-18-24(15)19-8-13)9-20-25(3,16)21-10-14(6-2)11-22-26(4,17)23-12-14/h5-12H2,1-4H3/q+1. The lowest BCUT2D eigenvalue weighted by molar-refractivity contribution is -0.0283. The Hall–Kier alpha value is 0.320. The molecule has 0 aromatic carbocycles. The van der Waals surface area contributed by atoms with Gasteiger partial charge in [0.15, 0.2) is 0 Å². The van der Waals surface area contributed by atoms with Crippen LogP contribution in [0.1, 0.15) is 26.7 Å². The molecule has 152 valence electrons. The summed E-state index contributed by atoms with van der Waals surface area (Å²) in [4.78, 5) is 0. The van der Waals surface area contributed by atoms with Crippen molar-refractivity contribution < 1.29 is 40.8 Å². The Bertz CT molecular complexity index is 586. The zero-order valence-electron chi connectivity index (χ0n) is 15.7. The fraction of sp³-hybridized carbons (Fsp3) is 1.00. The highest BCUT2D eigenvalue weighted by atomic mass is 31.2. The van der Waals surface area contributed by atoms with Gasteiger partial charge in [0.2, 0.25) is 0 Å². The highest BCUT2D eigenvalue weighted by Gasteiger charge is 2.45. The summed E-state index contributed by atoms with van der Waals surface area (Å²) in [5.74, 6) is 0. The molecule has 9 nitrogen and oxygen atoms in total. The smallest absolute Gasteiger partial charge is 0.308 e. The van der Waals surface area contributed by atoms with Gasteiger partial charge < -0.3 is 18.1 Å². The van der Waals surface area contributed by atoms with Crippen molar-refractivity contribution in [2.24, 2.45) is 10.8 Å². The molecule has 0 amide bonds. The molecule has 0 aromatic heterocycles. The first-order chi connectivity index (χ1) is 12.1. The maximum Gasteiger partial charge on any atom is 0.697 e. The largest absolute Gasteiger partial charge is 0.697 e. The SMILES string of the molecule is CCC1(COP(C)(=O)OCC2(CC)COP(C)(=O)OC2)CO[P+](=O)OC1. The maximum absolute atomic E-state index is 12.7. The first-order valence-electron chi connectivity index (χ1n) is 8.51. The van der Waals surface area contributed by atoms with Gasteiger partial charge in [0.05, 0.1) is 31.8 Å². The molecule has 1 atom stereocenters. The molecule has 2 saturated heterocycles. The molecule has 0 aromatic rings. The lowest BCUT2D eigenvalue weighted by atomic mass is 9.88. The van der Waals surface area contributed by atoms with Crippen LogP contribution in [0, 0.1) is 10.8 Å². The summed E-state index contributed by atoms with van der Waals surface area (Å²) in [5.41, 5.74) is -1.02. The zero-order chi connectivity index (χ0) is 19.5. The van der Waals surface area contributed by atoms with E-state index in [2.05, 4.69) is 0 Å². The van der Waals surface area contributed by atoms with Crippen molar-refractivity contribution in [3.05, 3.63) is 0 Å². The molecule has 0 N–H and O–H groups in total. The fourth-order valence-corrected chi connectivity index (χ4v) is 5.39. The predicted molar refractivity (Wildman–Crippen MR) is 95.8 cm³/mol. The molecule has 2 aliphatic heterocycles. The van der Waals surface area contributed by atoms with Gasteiger partial charge in [0, 0.05) is 23.3 Å². The molecule has 0 radical (unpaired) electrons. The minimum atomic E-state index is -3.35. The molecule has 0 aliphatic carbocycles. The van der Waals surface area contributed by atoms with E-state index in [9.17, 15) is 13.7 Å². The van der Waals surface area contributed by atoms with Crippen molar-refractivity contribution in [1.82, 2.24) is 0 Å². The second kappa shape index (κ2) is 8.77. The third-order valence-corrected chi connectivity index (χ3v) is 7.95. The highest BCUT2D eigenvalue weighted by molar-refractivity contribution is 7.53. The third kappa shape index (κ3) is 6.16. The van der Waals surface area contributed by atoms with Crippen molar-refractivity contribution in [3.8, 4) is 0 Å². The highest BCUT2D eigenvalue weighted by Crippen LogP contribution is 2.53. The normalized spacial score (nSPS) is 39.5. The minimum absolute atomic E-state index is 0.106. The molecule has 0 spiro atoms. The van der Waals surface area contributed by atoms with Gasteiger partial charge in [-0.15, -0.1) is 9.05 Å². The van der Waals surface area contributed by atoms with Gasteiger partial charge >= 0.3 is 23.4 Å². The Balaban J connectivity index is 1.88. The van der Waals surface area contributed by atoms with Gasteiger partial charge in [-0.1, -0.05) is 13.8 Å². The third-order valence-electron chi connectivity index (χ3n) is 4.87. The topological polar surface area (TPSA) is 107 Å². The first-order valence-corrected chi connectivity index (χ1v) is 13.6. The van der Waals surface area contributed by atoms with Crippen LogP contribution in [0.3, 0.4) is 0 Å².